The summed E-state index contributed by atoms with van der Waals surface area (Å²) < 4.78 is 2.07. The molecule has 0 unspecified atom stereocenters. The highest BCUT2D eigenvalue weighted by molar-refractivity contribution is 5.79. The third kappa shape index (κ3) is 6.19. The smallest absolute Gasteiger partial charge is 0.190 e. The molecule has 0 aliphatic heterocycles. The van der Waals surface area contributed by atoms with E-state index in [1.807, 2.05) is 14.0 Å². The van der Waals surface area contributed by atoms with Crippen LogP contribution in [0.2, 0.25) is 0 Å². The average molecular weight is 293 g/mol. The van der Waals surface area contributed by atoms with Gasteiger partial charge in [-0.25, -0.2) is 0 Å². The molecule has 1 aromatic rings. The molecule has 0 radical (unpaired) electrons. The van der Waals surface area contributed by atoms with E-state index in [1.54, 1.807) is 0 Å². The van der Waals surface area contributed by atoms with Crippen molar-refractivity contribution in [2.75, 3.05) is 20.1 Å². The Labute approximate surface area is 129 Å². The van der Waals surface area contributed by atoms with Crippen molar-refractivity contribution >= 4 is 5.96 Å². The van der Waals surface area contributed by atoms with Crippen molar-refractivity contribution in [3.8, 4) is 0 Å². The second-order valence-electron chi connectivity index (χ2n) is 5.57. The van der Waals surface area contributed by atoms with Crippen molar-refractivity contribution in [2.24, 2.45) is 10.9 Å². The topological polar surface area (TPSA) is 54.2 Å². The molecule has 120 valence electrons. The van der Waals surface area contributed by atoms with Crippen LogP contribution < -0.4 is 10.6 Å². The van der Waals surface area contributed by atoms with Gasteiger partial charge in [0.2, 0.25) is 0 Å². The summed E-state index contributed by atoms with van der Waals surface area (Å²) >= 11 is 0. The number of nitrogens with zero attached hydrogens (tertiary/aromatic N) is 3. The molecular weight excluding hydrogens is 262 g/mol. The molecule has 0 atom stereocenters. The Hall–Kier alpha value is -1.52. The summed E-state index contributed by atoms with van der Waals surface area (Å²) in [5.41, 5.74) is 2.31. The van der Waals surface area contributed by atoms with E-state index in [0.717, 1.165) is 43.6 Å². The number of aromatic nitrogens is 2. The van der Waals surface area contributed by atoms with Crippen LogP contribution in [0.5, 0.6) is 0 Å². The van der Waals surface area contributed by atoms with Gasteiger partial charge in [0, 0.05) is 32.4 Å². The van der Waals surface area contributed by atoms with Crippen LogP contribution in [-0.4, -0.2) is 35.9 Å². The molecule has 21 heavy (non-hydrogen) atoms. The second kappa shape index (κ2) is 9.42. The number of aryl methyl sites for hydroxylation is 3. The number of aliphatic imine (C=N–C) groups is 1. The van der Waals surface area contributed by atoms with E-state index in [-0.39, 0.29) is 0 Å². The van der Waals surface area contributed by atoms with E-state index in [0.29, 0.717) is 0 Å². The molecule has 0 fully saturated rings. The summed E-state index contributed by atoms with van der Waals surface area (Å²) in [6.45, 7) is 11.4. The van der Waals surface area contributed by atoms with Gasteiger partial charge in [0.15, 0.2) is 5.96 Å². The Morgan fingerprint density at radius 2 is 2.00 bits per heavy atom. The van der Waals surface area contributed by atoms with E-state index in [2.05, 4.69) is 52.2 Å². The molecule has 1 heterocycles. The van der Waals surface area contributed by atoms with Crippen molar-refractivity contribution < 1.29 is 0 Å². The summed E-state index contributed by atoms with van der Waals surface area (Å²) in [5.74, 6) is 1.62. The van der Waals surface area contributed by atoms with Gasteiger partial charge in [0.05, 0.1) is 5.69 Å². The molecule has 1 aromatic heterocycles. The molecule has 0 saturated carbocycles. The summed E-state index contributed by atoms with van der Waals surface area (Å²) in [6.07, 6.45) is 3.45. The van der Waals surface area contributed by atoms with E-state index in [9.17, 15) is 0 Å². The zero-order chi connectivity index (χ0) is 15.7. The fraction of sp³-hybridized carbons (Fsp3) is 0.750. The molecule has 0 aromatic carbocycles. The average Bonchev–Trinajstić information content (AvgIpc) is 2.80. The highest BCUT2D eigenvalue weighted by atomic mass is 15.3. The molecule has 0 aliphatic carbocycles. The van der Waals surface area contributed by atoms with E-state index in [4.69, 9.17) is 0 Å². The minimum atomic E-state index is 0.721. The van der Waals surface area contributed by atoms with E-state index >= 15 is 0 Å². The van der Waals surface area contributed by atoms with Crippen LogP contribution in [0.3, 0.4) is 0 Å². The lowest BCUT2D eigenvalue weighted by Crippen LogP contribution is -2.40. The van der Waals surface area contributed by atoms with Crippen LogP contribution in [0.25, 0.3) is 0 Å². The lowest BCUT2D eigenvalue weighted by Gasteiger charge is -2.16. The van der Waals surface area contributed by atoms with Gasteiger partial charge in [-0.1, -0.05) is 26.7 Å². The minimum Gasteiger partial charge on any atom is -0.356 e. The molecular formula is C16H31N5. The molecule has 0 aliphatic rings. The summed E-state index contributed by atoms with van der Waals surface area (Å²) in [5, 5.41) is 11.2. The van der Waals surface area contributed by atoms with Crippen molar-refractivity contribution in [3.05, 3.63) is 17.5 Å². The Morgan fingerprint density at radius 1 is 1.29 bits per heavy atom. The zero-order valence-electron chi connectivity index (χ0n) is 14.2. The number of guanidine groups is 1. The molecule has 0 amide bonds. The van der Waals surface area contributed by atoms with Crippen molar-refractivity contribution in [3.63, 3.8) is 0 Å². The molecule has 1 rings (SSSR count). The van der Waals surface area contributed by atoms with Gasteiger partial charge >= 0.3 is 0 Å². The maximum Gasteiger partial charge on any atom is 0.190 e. The first-order valence-electron chi connectivity index (χ1n) is 8.06. The second-order valence-corrected chi connectivity index (χ2v) is 5.57. The SMILES string of the molecule is CCC(CC)CNC(=NC)NCCCn1nc(C)cc1C. The maximum atomic E-state index is 4.47. The Balaban J connectivity index is 2.25. The Kier molecular flexibility index (Phi) is 7.87. The normalized spacial score (nSPS) is 12.0. The highest BCUT2D eigenvalue weighted by Crippen LogP contribution is 2.05. The molecule has 0 saturated heterocycles. The predicted molar refractivity (Wildman–Crippen MR) is 89.8 cm³/mol. The first-order valence-corrected chi connectivity index (χ1v) is 8.06. The van der Waals surface area contributed by atoms with Gasteiger partial charge in [-0.2, -0.15) is 5.10 Å². The van der Waals surface area contributed by atoms with Crippen LogP contribution in [0.1, 0.15) is 44.5 Å². The van der Waals surface area contributed by atoms with Crippen LogP contribution in [0, 0.1) is 19.8 Å². The molecule has 5 nitrogen and oxygen atoms in total. The highest BCUT2D eigenvalue weighted by Gasteiger charge is 2.05. The fourth-order valence-corrected chi connectivity index (χ4v) is 2.38. The van der Waals surface area contributed by atoms with Crippen molar-refractivity contribution in [2.45, 2.75) is 53.5 Å². The standard InChI is InChI=1S/C16H31N5/c1-6-15(7-2)12-19-16(17-5)18-9-8-10-21-14(4)11-13(3)20-21/h11,15H,6-10,12H2,1-5H3,(H2,17,18,19). The van der Waals surface area contributed by atoms with Gasteiger partial charge in [-0.3, -0.25) is 9.67 Å². The monoisotopic (exact) mass is 293 g/mol. The molecule has 0 spiro atoms. The van der Waals surface area contributed by atoms with Gasteiger partial charge < -0.3 is 10.6 Å². The number of hydrogen-bond acceptors (Lipinski definition) is 2. The third-order valence-electron chi connectivity index (χ3n) is 3.88. The number of nitrogens with one attached hydrogen (secondary N) is 2. The van der Waals surface area contributed by atoms with E-state index < -0.39 is 0 Å². The quantitative estimate of drug-likeness (QED) is 0.440. The zero-order valence-corrected chi connectivity index (χ0v) is 14.2. The third-order valence-corrected chi connectivity index (χ3v) is 3.88. The number of hydrogen-bond donors (Lipinski definition) is 2. The first kappa shape index (κ1) is 17.5. The Bertz CT molecular complexity index is 432. The van der Waals surface area contributed by atoms with Crippen LogP contribution in [0.4, 0.5) is 0 Å². The largest absolute Gasteiger partial charge is 0.356 e. The van der Waals surface area contributed by atoms with Crippen LogP contribution >= 0.6 is 0 Å². The van der Waals surface area contributed by atoms with Gasteiger partial charge in [0.25, 0.3) is 0 Å². The van der Waals surface area contributed by atoms with Gasteiger partial charge in [-0.05, 0) is 32.3 Å². The van der Waals surface area contributed by atoms with Gasteiger partial charge in [-0.15, -0.1) is 0 Å². The Morgan fingerprint density at radius 3 is 2.52 bits per heavy atom. The first-order chi connectivity index (χ1) is 10.1. The minimum absolute atomic E-state index is 0.721. The molecule has 5 heteroatoms. The van der Waals surface area contributed by atoms with Crippen molar-refractivity contribution in [1.29, 1.82) is 0 Å². The van der Waals surface area contributed by atoms with E-state index in [1.165, 1.54) is 18.5 Å². The van der Waals surface area contributed by atoms with Crippen LogP contribution in [-0.2, 0) is 6.54 Å². The number of rotatable bonds is 8. The fourth-order valence-electron chi connectivity index (χ4n) is 2.38. The maximum absolute atomic E-state index is 4.47. The summed E-state index contributed by atoms with van der Waals surface area (Å²) in [6, 6.07) is 2.11. The van der Waals surface area contributed by atoms with Crippen LogP contribution in [0.15, 0.2) is 11.1 Å². The summed E-state index contributed by atoms with van der Waals surface area (Å²) in [7, 11) is 1.82. The lowest BCUT2D eigenvalue weighted by molar-refractivity contribution is 0.480. The molecule has 0 bridgehead atoms. The lowest BCUT2D eigenvalue weighted by atomic mass is 10.0. The predicted octanol–water partition coefficient (Wildman–Crippen LogP) is 2.49. The summed E-state index contributed by atoms with van der Waals surface area (Å²) in [4.78, 5) is 4.27. The van der Waals surface area contributed by atoms with Gasteiger partial charge in [0.1, 0.15) is 0 Å². The molecule has 2 N–H and O–H groups in total. The van der Waals surface area contributed by atoms with Crippen molar-refractivity contribution in [1.82, 2.24) is 20.4 Å².